The monoisotopic (exact) mass is 315 g/mol. The molecule has 0 saturated heterocycles. The minimum Gasteiger partial charge on any atom is -0.497 e. The van der Waals surface area contributed by atoms with Crippen LogP contribution in [0, 0.1) is 0 Å². The summed E-state index contributed by atoms with van der Waals surface area (Å²) in [6.45, 7) is 2.04. The number of anilines is 1. The van der Waals surface area contributed by atoms with Gasteiger partial charge in [0.2, 0.25) is 0 Å². The minimum atomic E-state index is -0.831. The fourth-order valence-electron chi connectivity index (χ4n) is 1.63. The molecule has 0 aliphatic heterocycles. The first kappa shape index (κ1) is 14.8. The molecule has 0 spiro atoms. The molecular formula is C13H18BrNO3. The van der Waals surface area contributed by atoms with Crippen LogP contribution in [-0.4, -0.2) is 24.2 Å². The fourth-order valence-corrected chi connectivity index (χ4v) is 2.10. The first-order valence-electron chi connectivity index (χ1n) is 5.90. The summed E-state index contributed by atoms with van der Waals surface area (Å²) < 4.78 is 5.99. The second-order valence-corrected chi connectivity index (χ2v) is 4.97. The maximum absolute atomic E-state index is 11.1. The lowest BCUT2D eigenvalue weighted by Crippen LogP contribution is -2.29. The number of ether oxygens (including phenoxy) is 1. The van der Waals surface area contributed by atoms with Crippen molar-refractivity contribution in [1.82, 2.24) is 0 Å². The van der Waals surface area contributed by atoms with Crippen molar-refractivity contribution < 1.29 is 14.6 Å². The summed E-state index contributed by atoms with van der Waals surface area (Å²) in [5.41, 5.74) is 0.740. The van der Waals surface area contributed by atoms with Crippen LogP contribution < -0.4 is 10.1 Å². The second-order valence-electron chi connectivity index (χ2n) is 4.06. The average Bonchev–Trinajstić information content (AvgIpc) is 2.33. The van der Waals surface area contributed by atoms with Crippen molar-refractivity contribution in [3.63, 3.8) is 0 Å². The van der Waals surface area contributed by atoms with E-state index in [0.717, 1.165) is 23.0 Å². The van der Waals surface area contributed by atoms with Gasteiger partial charge in [-0.15, -0.1) is 0 Å². The highest BCUT2D eigenvalue weighted by Gasteiger charge is 2.16. The fraction of sp³-hybridized carbons (Fsp3) is 0.462. The van der Waals surface area contributed by atoms with E-state index in [4.69, 9.17) is 9.84 Å². The number of unbranched alkanes of at least 4 members (excludes halogenated alkanes) is 1. The molecule has 0 bridgehead atoms. The highest BCUT2D eigenvalue weighted by molar-refractivity contribution is 9.10. The maximum Gasteiger partial charge on any atom is 0.326 e. The Balaban J connectivity index is 2.79. The number of benzene rings is 1. The molecule has 0 saturated carbocycles. The van der Waals surface area contributed by atoms with Crippen LogP contribution in [0.1, 0.15) is 26.2 Å². The number of carbonyl (C=O) groups is 1. The van der Waals surface area contributed by atoms with Crippen LogP contribution in [0.5, 0.6) is 5.75 Å². The molecular weight excluding hydrogens is 298 g/mol. The maximum atomic E-state index is 11.1. The molecule has 4 nitrogen and oxygen atoms in total. The van der Waals surface area contributed by atoms with Gasteiger partial charge in [-0.25, -0.2) is 4.79 Å². The Bertz CT molecular complexity index is 409. The predicted molar refractivity (Wildman–Crippen MR) is 75.3 cm³/mol. The number of nitrogens with one attached hydrogen (secondary N) is 1. The van der Waals surface area contributed by atoms with E-state index in [9.17, 15) is 4.79 Å². The van der Waals surface area contributed by atoms with Gasteiger partial charge >= 0.3 is 5.97 Å². The Morgan fingerprint density at radius 3 is 2.78 bits per heavy atom. The van der Waals surface area contributed by atoms with Gasteiger partial charge < -0.3 is 15.2 Å². The molecule has 2 N–H and O–H groups in total. The lowest BCUT2D eigenvalue weighted by molar-refractivity contribution is -0.138. The molecule has 0 aliphatic rings. The molecule has 18 heavy (non-hydrogen) atoms. The van der Waals surface area contributed by atoms with E-state index in [1.807, 2.05) is 19.1 Å². The zero-order valence-corrected chi connectivity index (χ0v) is 12.2. The van der Waals surface area contributed by atoms with E-state index in [1.54, 1.807) is 13.2 Å². The predicted octanol–water partition coefficient (Wildman–Crippen LogP) is 3.51. The summed E-state index contributed by atoms with van der Waals surface area (Å²) in [7, 11) is 1.58. The first-order chi connectivity index (χ1) is 8.56. The summed E-state index contributed by atoms with van der Waals surface area (Å²) in [5.74, 6) is -0.145. The Morgan fingerprint density at radius 2 is 2.22 bits per heavy atom. The SMILES string of the molecule is CCCCC(Nc1cc(Br)cc(OC)c1)C(=O)O. The third-order valence-corrected chi connectivity index (χ3v) is 3.05. The number of carboxylic acid groups (broad SMARTS) is 1. The Hall–Kier alpha value is -1.23. The molecule has 0 heterocycles. The Kier molecular flexibility index (Phi) is 5.98. The minimum absolute atomic E-state index is 0.566. The van der Waals surface area contributed by atoms with E-state index < -0.39 is 12.0 Å². The summed E-state index contributed by atoms with van der Waals surface area (Å²) in [4.78, 5) is 11.1. The standard InChI is InChI=1S/C13H18BrNO3/c1-3-4-5-12(13(16)17)15-10-6-9(14)7-11(8-10)18-2/h6-8,12,15H,3-5H2,1-2H3,(H,16,17). The number of aliphatic carboxylic acids is 1. The van der Waals surface area contributed by atoms with Gasteiger partial charge in [-0.05, 0) is 18.6 Å². The molecule has 5 heteroatoms. The normalized spacial score (nSPS) is 11.9. The summed E-state index contributed by atoms with van der Waals surface area (Å²) in [6, 6.07) is 4.88. The van der Waals surface area contributed by atoms with Crippen LogP contribution in [0.25, 0.3) is 0 Å². The van der Waals surface area contributed by atoms with Gasteiger partial charge in [0.25, 0.3) is 0 Å². The Morgan fingerprint density at radius 1 is 1.50 bits per heavy atom. The van der Waals surface area contributed by atoms with E-state index >= 15 is 0 Å². The van der Waals surface area contributed by atoms with Gasteiger partial charge in [-0.2, -0.15) is 0 Å². The zero-order chi connectivity index (χ0) is 13.5. The van der Waals surface area contributed by atoms with Crippen molar-refractivity contribution in [3.8, 4) is 5.75 Å². The van der Waals surface area contributed by atoms with Crippen LogP contribution in [0.2, 0.25) is 0 Å². The largest absolute Gasteiger partial charge is 0.497 e. The van der Waals surface area contributed by atoms with Crippen molar-refractivity contribution in [2.24, 2.45) is 0 Å². The molecule has 100 valence electrons. The first-order valence-corrected chi connectivity index (χ1v) is 6.70. The van der Waals surface area contributed by atoms with Crippen LogP contribution in [0.15, 0.2) is 22.7 Å². The molecule has 1 aromatic rings. The molecule has 1 unspecified atom stereocenters. The highest BCUT2D eigenvalue weighted by atomic mass is 79.9. The summed E-state index contributed by atoms with van der Waals surface area (Å²) in [5, 5.41) is 12.2. The Labute approximate surface area is 115 Å². The summed E-state index contributed by atoms with van der Waals surface area (Å²) >= 11 is 3.37. The quantitative estimate of drug-likeness (QED) is 0.808. The average molecular weight is 316 g/mol. The molecule has 0 amide bonds. The van der Waals surface area contributed by atoms with Crippen molar-refractivity contribution in [2.45, 2.75) is 32.2 Å². The van der Waals surface area contributed by atoms with Crippen LogP contribution in [0.4, 0.5) is 5.69 Å². The van der Waals surface area contributed by atoms with Gasteiger partial charge in [0.15, 0.2) is 0 Å². The van der Waals surface area contributed by atoms with Gasteiger partial charge in [0, 0.05) is 16.2 Å². The van der Waals surface area contributed by atoms with Crippen LogP contribution in [-0.2, 0) is 4.79 Å². The number of rotatable bonds is 7. The van der Waals surface area contributed by atoms with Crippen molar-refractivity contribution in [1.29, 1.82) is 0 Å². The molecule has 0 radical (unpaired) electrons. The van der Waals surface area contributed by atoms with Crippen molar-refractivity contribution >= 4 is 27.6 Å². The third-order valence-electron chi connectivity index (χ3n) is 2.59. The number of halogens is 1. The van der Waals surface area contributed by atoms with Crippen LogP contribution in [0.3, 0.4) is 0 Å². The number of hydrogen-bond acceptors (Lipinski definition) is 3. The van der Waals surface area contributed by atoms with Gasteiger partial charge in [0.05, 0.1) is 7.11 Å². The lowest BCUT2D eigenvalue weighted by atomic mass is 10.1. The molecule has 1 atom stereocenters. The molecule has 0 aliphatic carbocycles. The highest BCUT2D eigenvalue weighted by Crippen LogP contribution is 2.25. The van der Waals surface area contributed by atoms with E-state index in [0.29, 0.717) is 12.2 Å². The lowest BCUT2D eigenvalue weighted by Gasteiger charge is -2.16. The van der Waals surface area contributed by atoms with E-state index in [2.05, 4.69) is 21.2 Å². The van der Waals surface area contributed by atoms with E-state index in [1.165, 1.54) is 0 Å². The smallest absolute Gasteiger partial charge is 0.326 e. The molecule has 1 aromatic carbocycles. The third kappa shape index (κ3) is 4.56. The van der Waals surface area contributed by atoms with E-state index in [-0.39, 0.29) is 0 Å². The second kappa shape index (κ2) is 7.26. The number of hydrogen-bond donors (Lipinski definition) is 2. The van der Waals surface area contributed by atoms with Gasteiger partial charge in [0.1, 0.15) is 11.8 Å². The van der Waals surface area contributed by atoms with Gasteiger partial charge in [-0.1, -0.05) is 35.7 Å². The van der Waals surface area contributed by atoms with Crippen molar-refractivity contribution in [2.75, 3.05) is 12.4 Å². The zero-order valence-electron chi connectivity index (χ0n) is 10.6. The number of methoxy groups -OCH3 is 1. The van der Waals surface area contributed by atoms with Crippen molar-refractivity contribution in [3.05, 3.63) is 22.7 Å². The topological polar surface area (TPSA) is 58.6 Å². The molecule has 0 aromatic heterocycles. The molecule has 0 fully saturated rings. The number of carboxylic acids is 1. The van der Waals surface area contributed by atoms with Crippen LogP contribution >= 0.6 is 15.9 Å². The molecule has 1 rings (SSSR count). The summed E-state index contributed by atoms with van der Waals surface area (Å²) in [6.07, 6.45) is 2.48. The van der Waals surface area contributed by atoms with Gasteiger partial charge in [-0.3, -0.25) is 0 Å².